The Labute approximate surface area is 125 Å². The maximum absolute atomic E-state index is 12.4. The van der Waals surface area contributed by atoms with Gasteiger partial charge in [-0.3, -0.25) is 0 Å². The largest absolute Gasteiger partial charge is 0.398 e. The van der Waals surface area contributed by atoms with Crippen LogP contribution in [0.5, 0.6) is 0 Å². The normalized spacial score (nSPS) is 18.7. The number of benzene rings is 1. The van der Waals surface area contributed by atoms with Gasteiger partial charge in [0.2, 0.25) is 10.0 Å². The summed E-state index contributed by atoms with van der Waals surface area (Å²) in [4.78, 5) is 0.0619. The Balaban J connectivity index is 1.72. The van der Waals surface area contributed by atoms with Crippen LogP contribution in [-0.4, -0.2) is 15.0 Å². The second kappa shape index (κ2) is 5.32. The van der Waals surface area contributed by atoms with E-state index in [1.54, 1.807) is 0 Å². The van der Waals surface area contributed by atoms with Gasteiger partial charge >= 0.3 is 0 Å². The second-order valence-electron chi connectivity index (χ2n) is 6.06. The van der Waals surface area contributed by atoms with E-state index in [1.165, 1.54) is 43.9 Å². The highest BCUT2D eigenvalue weighted by atomic mass is 32.2. The van der Waals surface area contributed by atoms with Crippen LogP contribution in [0.25, 0.3) is 0 Å². The molecule has 0 unspecified atom stereocenters. The lowest BCUT2D eigenvalue weighted by molar-refractivity contribution is 0.401. The van der Waals surface area contributed by atoms with Crippen LogP contribution >= 0.6 is 0 Å². The highest BCUT2D eigenvalue weighted by Gasteiger charge is 2.41. The zero-order valence-electron chi connectivity index (χ0n) is 11.7. The Morgan fingerprint density at radius 1 is 1.29 bits per heavy atom. The van der Waals surface area contributed by atoms with E-state index >= 15 is 0 Å². The molecule has 6 heteroatoms. The van der Waals surface area contributed by atoms with Gasteiger partial charge < -0.3 is 5.73 Å². The molecule has 0 spiro atoms. The van der Waals surface area contributed by atoms with Crippen molar-refractivity contribution in [2.24, 2.45) is 17.8 Å². The summed E-state index contributed by atoms with van der Waals surface area (Å²) in [7, 11) is -3.61. The van der Waals surface area contributed by atoms with Crippen LogP contribution in [0.1, 0.15) is 31.2 Å². The van der Waals surface area contributed by atoms with Crippen molar-refractivity contribution < 1.29 is 8.42 Å². The zero-order chi connectivity index (χ0) is 15.0. The van der Waals surface area contributed by atoms with Gasteiger partial charge in [-0.1, -0.05) is 0 Å². The molecule has 3 rings (SSSR count). The van der Waals surface area contributed by atoms with E-state index in [9.17, 15) is 8.42 Å². The third-order valence-corrected chi connectivity index (χ3v) is 5.89. The smallest absolute Gasteiger partial charge is 0.242 e. The minimum absolute atomic E-state index is 0.0619. The summed E-state index contributed by atoms with van der Waals surface area (Å²) in [6, 6.07) is 6.22. The van der Waals surface area contributed by atoms with Crippen LogP contribution in [0.15, 0.2) is 23.1 Å². The first kappa shape index (κ1) is 14.4. The van der Waals surface area contributed by atoms with Crippen molar-refractivity contribution in [1.29, 1.82) is 5.26 Å². The molecular formula is C15H19N3O2S. The fourth-order valence-electron chi connectivity index (χ4n) is 2.91. The SMILES string of the molecule is N#Cc1ccc(S(=O)(=O)NCC(C2CC2)C2CC2)c(N)c1. The molecule has 5 nitrogen and oxygen atoms in total. The maximum atomic E-state index is 12.4. The first-order valence-electron chi connectivity index (χ1n) is 7.30. The quantitative estimate of drug-likeness (QED) is 0.784. The number of sulfonamides is 1. The monoisotopic (exact) mass is 305 g/mol. The van der Waals surface area contributed by atoms with Crippen molar-refractivity contribution in [3.05, 3.63) is 23.8 Å². The molecule has 2 saturated carbocycles. The summed E-state index contributed by atoms with van der Waals surface area (Å²) in [6.07, 6.45) is 4.90. The first-order valence-corrected chi connectivity index (χ1v) is 8.79. The molecule has 2 aliphatic rings. The predicted molar refractivity (Wildman–Crippen MR) is 79.7 cm³/mol. The molecule has 0 aromatic heterocycles. The summed E-state index contributed by atoms with van der Waals surface area (Å²) in [5.74, 6) is 1.86. The summed E-state index contributed by atoms with van der Waals surface area (Å²) < 4.78 is 27.4. The van der Waals surface area contributed by atoms with Crippen molar-refractivity contribution in [3.8, 4) is 6.07 Å². The van der Waals surface area contributed by atoms with Crippen molar-refractivity contribution in [2.45, 2.75) is 30.6 Å². The number of nitrogens with one attached hydrogen (secondary N) is 1. The maximum Gasteiger partial charge on any atom is 0.242 e. The Bertz CT molecular complexity index is 673. The molecule has 0 saturated heterocycles. The molecule has 0 amide bonds. The standard InChI is InChI=1S/C15H19N3O2S/c16-8-10-1-6-15(14(17)7-10)21(19,20)18-9-13(11-2-3-11)12-4-5-12/h1,6-7,11-13,18H,2-5,9,17H2. The lowest BCUT2D eigenvalue weighted by Gasteiger charge is -2.17. The van der Waals surface area contributed by atoms with E-state index in [0.717, 1.165) is 0 Å². The van der Waals surface area contributed by atoms with Crippen LogP contribution in [0.4, 0.5) is 5.69 Å². The number of nitrogens with zero attached hydrogens (tertiary/aromatic N) is 1. The first-order chi connectivity index (χ1) is 10.0. The van der Waals surface area contributed by atoms with Gasteiger partial charge in [0.05, 0.1) is 17.3 Å². The van der Waals surface area contributed by atoms with E-state index in [2.05, 4.69) is 4.72 Å². The van der Waals surface area contributed by atoms with Crippen molar-refractivity contribution in [3.63, 3.8) is 0 Å². The van der Waals surface area contributed by atoms with Gasteiger partial charge in [0, 0.05) is 6.54 Å². The molecule has 3 N–H and O–H groups in total. The van der Waals surface area contributed by atoms with Gasteiger partial charge in [-0.2, -0.15) is 5.26 Å². The summed E-state index contributed by atoms with van der Waals surface area (Å²) >= 11 is 0. The van der Waals surface area contributed by atoms with E-state index in [1.807, 2.05) is 6.07 Å². The molecule has 0 radical (unpaired) electrons. The molecule has 21 heavy (non-hydrogen) atoms. The number of rotatable bonds is 6. The Morgan fingerprint density at radius 2 is 1.90 bits per heavy atom. The molecule has 1 aromatic carbocycles. The average molecular weight is 305 g/mol. The van der Waals surface area contributed by atoms with Crippen LogP contribution in [-0.2, 0) is 10.0 Å². The lowest BCUT2D eigenvalue weighted by Crippen LogP contribution is -2.31. The van der Waals surface area contributed by atoms with Gasteiger partial charge in [0.1, 0.15) is 4.90 Å². The highest BCUT2D eigenvalue weighted by molar-refractivity contribution is 7.89. The number of nitrogens with two attached hydrogens (primary N) is 1. The summed E-state index contributed by atoms with van der Waals surface area (Å²) in [6.45, 7) is 0.497. The molecule has 2 fully saturated rings. The van der Waals surface area contributed by atoms with Crippen LogP contribution in [0.2, 0.25) is 0 Å². The van der Waals surface area contributed by atoms with E-state index in [4.69, 9.17) is 11.0 Å². The minimum Gasteiger partial charge on any atom is -0.398 e. The lowest BCUT2D eigenvalue weighted by atomic mass is 9.99. The summed E-state index contributed by atoms with van der Waals surface area (Å²) in [5, 5.41) is 8.80. The minimum atomic E-state index is -3.61. The van der Waals surface area contributed by atoms with E-state index in [-0.39, 0.29) is 10.6 Å². The van der Waals surface area contributed by atoms with Crippen LogP contribution in [0.3, 0.4) is 0 Å². The second-order valence-corrected chi connectivity index (χ2v) is 7.79. The van der Waals surface area contributed by atoms with Gasteiger partial charge in [0.25, 0.3) is 0 Å². The number of anilines is 1. The predicted octanol–water partition coefficient (Wildman–Crippen LogP) is 1.85. The molecule has 0 heterocycles. The Kier molecular flexibility index (Phi) is 3.64. The number of nitrogen functional groups attached to an aromatic ring is 1. The fourth-order valence-corrected chi connectivity index (χ4v) is 4.10. The van der Waals surface area contributed by atoms with Crippen molar-refractivity contribution >= 4 is 15.7 Å². The third-order valence-electron chi connectivity index (χ3n) is 4.39. The van der Waals surface area contributed by atoms with Crippen LogP contribution < -0.4 is 10.5 Å². The molecule has 0 bridgehead atoms. The fraction of sp³-hybridized carbons (Fsp3) is 0.533. The van der Waals surface area contributed by atoms with E-state index in [0.29, 0.717) is 29.9 Å². The molecule has 0 aliphatic heterocycles. The highest BCUT2D eigenvalue weighted by Crippen LogP contribution is 2.48. The van der Waals surface area contributed by atoms with Gasteiger partial charge in [-0.25, -0.2) is 13.1 Å². The van der Waals surface area contributed by atoms with E-state index < -0.39 is 10.0 Å². The topological polar surface area (TPSA) is 96.0 Å². The Morgan fingerprint density at radius 3 is 2.38 bits per heavy atom. The zero-order valence-corrected chi connectivity index (χ0v) is 12.6. The van der Waals surface area contributed by atoms with Crippen molar-refractivity contribution in [2.75, 3.05) is 12.3 Å². The Hall–Kier alpha value is -1.58. The molecular weight excluding hydrogens is 286 g/mol. The molecule has 2 aliphatic carbocycles. The molecule has 1 aromatic rings. The number of hydrogen-bond acceptors (Lipinski definition) is 4. The van der Waals surface area contributed by atoms with Crippen molar-refractivity contribution in [1.82, 2.24) is 4.72 Å². The number of nitriles is 1. The van der Waals surface area contributed by atoms with Gasteiger partial charge in [-0.05, 0) is 61.6 Å². The third kappa shape index (κ3) is 3.20. The number of hydrogen-bond donors (Lipinski definition) is 2. The van der Waals surface area contributed by atoms with Gasteiger partial charge in [-0.15, -0.1) is 0 Å². The molecule has 0 atom stereocenters. The average Bonchev–Trinajstić information content (AvgIpc) is 3.31. The summed E-state index contributed by atoms with van der Waals surface area (Å²) in [5.41, 5.74) is 6.25. The van der Waals surface area contributed by atoms with Gasteiger partial charge in [0.15, 0.2) is 0 Å². The van der Waals surface area contributed by atoms with Crippen LogP contribution in [0, 0.1) is 29.1 Å². The molecule has 112 valence electrons.